The smallest absolute Gasteiger partial charge is 0.296 e. The fourth-order valence-corrected chi connectivity index (χ4v) is 3.36. The maximum absolute atomic E-state index is 11.1. The van der Waals surface area contributed by atoms with Crippen LogP contribution in [-0.4, -0.2) is 22.4 Å². The minimum Gasteiger partial charge on any atom is -0.371 e. The van der Waals surface area contributed by atoms with Crippen molar-refractivity contribution < 1.29 is 4.92 Å². The molecule has 136 valence electrons. The van der Waals surface area contributed by atoms with Gasteiger partial charge in [0.25, 0.3) is 5.69 Å². The maximum Gasteiger partial charge on any atom is 0.296 e. The molecule has 0 aliphatic heterocycles. The van der Waals surface area contributed by atoms with E-state index in [1.165, 1.54) is 6.07 Å². The number of nitrogens with zero attached hydrogens (tertiary/aromatic N) is 6. The van der Waals surface area contributed by atoms with Crippen LogP contribution in [0.5, 0.6) is 0 Å². The molecule has 1 aromatic heterocycles. The third-order valence-corrected chi connectivity index (χ3v) is 4.76. The van der Waals surface area contributed by atoms with Crippen molar-refractivity contribution in [2.75, 3.05) is 18.0 Å². The minimum absolute atomic E-state index is 0.0356. The summed E-state index contributed by atoms with van der Waals surface area (Å²) in [6, 6.07) is 14.5. The van der Waals surface area contributed by atoms with Crippen molar-refractivity contribution in [3.8, 4) is 6.07 Å². The second-order valence-corrected chi connectivity index (χ2v) is 6.37. The highest BCUT2D eigenvalue weighted by Crippen LogP contribution is 2.36. The fourth-order valence-electron chi connectivity index (χ4n) is 2.65. The Hall–Kier alpha value is -3.38. The number of hydrogen-bond donors (Lipinski definition) is 0. The van der Waals surface area contributed by atoms with Gasteiger partial charge in [-0.2, -0.15) is 9.64 Å². The van der Waals surface area contributed by atoms with E-state index in [4.69, 9.17) is 5.26 Å². The second-order valence-electron chi connectivity index (χ2n) is 5.62. The van der Waals surface area contributed by atoms with E-state index in [0.29, 0.717) is 34.6 Å². The molecular formula is C18H16N6O2S. The summed E-state index contributed by atoms with van der Waals surface area (Å²) >= 11 is 1.08. The van der Waals surface area contributed by atoms with Gasteiger partial charge in [0.15, 0.2) is 10.5 Å². The number of nitro benzene ring substituents is 1. The summed E-state index contributed by atoms with van der Waals surface area (Å²) in [5, 5.41) is 29.4. The quantitative estimate of drug-likeness (QED) is 0.311. The predicted octanol–water partition coefficient (Wildman–Crippen LogP) is 5.36. The molecule has 0 saturated heterocycles. The first kappa shape index (κ1) is 18.4. The molecule has 0 bridgehead atoms. The molecule has 27 heavy (non-hydrogen) atoms. The van der Waals surface area contributed by atoms with Gasteiger partial charge in [0.1, 0.15) is 0 Å². The molecule has 2 aromatic carbocycles. The third-order valence-electron chi connectivity index (χ3n) is 4.01. The summed E-state index contributed by atoms with van der Waals surface area (Å²) in [5.41, 5.74) is 1.98. The standard InChI is InChI=1S/C18H16N6O2S/c1-2-23(12-4-11-19)14-9-7-13(8-10-14)20-21-18-15-5-3-6-16(24(25)26)17(15)22-27-18/h3,5-10H,2,4,12H2,1H3. The van der Waals surface area contributed by atoms with Gasteiger partial charge < -0.3 is 4.90 Å². The Morgan fingerprint density at radius 3 is 2.70 bits per heavy atom. The molecule has 0 fully saturated rings. The van der Waals surface area contributed by atoms with Crippen LogP contribution in [0.2, 0.25) is 0 Å². The molecule has 0 amide bonds. The Bertz CT molecular complexity index is 1020. The highest BCUT2D eigenvalue weighted by atomic mass is 32.1. The molecule has 0 spiro atoms. The number of aromatic nitrogens is 1. The molecule has 0 saturated carbocycles. The van der Waals surface area contributed by atoms with Gasteiger partial charge in [0.2, 0.25) is 0 Å². The highest BCUT2D eigenvalue weighted by Gasteiger charge is 2.16. The zero-order valence-corrected chi connectivity index (χ0v) is 15.4. The Labute approximate surface area is 159 Å². The van der Waals surface area contributed by atoms with Crippen molar-refractivity contribution in [1.29, 1.82) is 5.26 Å². The molecule has 0 N–H and O–H groups in total. The zero-order chi connectivity index (χ0) is 19.2. The van der Waals surface area contributed by atoms with Gasteiger partial charge in [0, 0.05) is 30.2 Å². The average molecular weight is 380 g/mol. The van der Waals surface area contributed by atoms with E-state index in [1.54, 1.807) is 12.1 Å². The molecule has 0 radical (unpaired) electrons. The van der Waals surface area contributed by atoms with Crippen LogP contribution in [0.25, 0.3) is 10.9 Å². The average Bonchev–Trinajstić information content (AvgIpc) is 3.11. The van der Waals surface area contributed by atoms with E-state index in [0.717, 1.165) is 23.8 Å². The molecule has 0 aliphatic carbocycles. The first-order chi connectivity index (χ1) is 13.1. The summed E-state index contributed by atoms with van der Waals surface area (Å²) in [7, 11) is 0. The van der Waals surface area contributed by atoms with Gasteiger partial charge in [-0.05, 0) is 48.8 Å². The van der Waals surface area contributed by atoms with Crippen LogP contribution < -0.4 is 4.90 Å². The number of anilines is 1. The molecular weight excluding hydrogens is 364 g/mol. The van der Waals surface area contributed by atoms with Crippen molar-refractivity contribution in [2.24, 2.45) is 10.2 Å². The Kier molecular flexibility index (Phi) is 5.68. The fraction of sp³-hybridized carbons (Fsp3) is 0.222. The molecule has 0 unspecified atom stereocenters. The summed E-state index contributed by atoms with van der Waals surface area (Å²) in [6.45, 7) is 3.53. The van der Waals surface area contributed by atoms with E-state index < -0.39 is 4.92 Å². The van der Waals surface area contributed by atoms with Crippen LogP contribution >= 0.6 is 11.5 Å². The number of fused-ring (bicyclic) bond motifs is 1. The Balaban J connectivity index is 1.81. The molecule has 3 rings (SSSR count). The number of benzene rings is 2. The minimum atomic E-state index is -0.451. The molecule has 3 aromatic rings. The maximum atomic E-state index is 11.1. The monoisotopic (exact) mass is 380 g/mol. The number of non-ortho nitro benzene ring substituents is 1. The summed E-state index contributed by atoms with van der Waals surface area (Å²) in [5.74, 6) is 0. The van der Waals surface area contributed by atoms with Crippen LogP contribution in [0.3, 0.4) is 0 Å². The van der Waals surface area contributed by atoms with E-state index in [9.17, 15) is 10.1 Å². The van der Waals surface area contributed by atoms with E-state index in [1.807, 2.05) is 31.2 Å². The van der Waals surface area contributed by atoms with E-state index in [-0.39, 0.29) is 5.69 Å². The SMILES string of the molecule is CCN(CCC#N)c1ccc(N=Nc2snc3c([N+](=O)[O-])cccc23)cc1. The van der Waals surface area contributed by atoms with Crippen molar-refractivity contribution in [3.05, 3.63) is 52.6 Å². The van der Waals surface area contributed by atoms with Crippen molar-refractivity contribution >= 4 is 44.5 Å². The number of nitriles is 1. The van der Waals surface area contributed by atoms with Crippen molar-refractivity contribution in [3.63, 3.8) is 0 Å². The number of nitro groups is 1. The lowest BCUT2D eigenvalue weighted by Gasteiger charge is -2.21. The largest absolute Gasteiger partial charge is 0.371 e. The third kappa shape index (κ3) is 4.07. The topological polar surface area (TPSA) is 108 Å². The Morgan fingerprint density at radius 2 is 2.04 bits per heavy atom. The zero-order valence-electron chi connectivity index (χ0n) is 14.6. The first-order valence-electron chi connectivity index (χ1n) is 8.30. The molecule has 8 nitrogen and oxygen atoms in total. The van der Waals surface area contributed by atoms with Gasteiger partial charge in [-0.1, -0.05) is 6.07 Å². The highest BCUT2D eigenvalue weighted by molar-refractivity contribution is 7.11. The van der Waals surface area contributed by atoms with Crippen LogP contribution in [0.1, 0.15) is 13.3 Å². The van der Waals surface area contributed by atoms with E-state index in [2.05, 4.69) is 25.6 Å². The molecule has 0 aliphatic rings. The summed E-state index contributed by atoms with van der Waals surface area (Å²) < 4.78 is 4.14. The lowest BCUT2D eigenvalue weighted by atomic mass is 10.2. The number of azo groups is 1. The van der Waals surface area contributed by atoms with Gasteiger partial charge in [0.05, 0.1) is 23.1 Å². The van der Waals surface area contributed by atoms with Crippen LogP contribution in [0.15, 0.2) is 52.7 Å². The van der Waals surface area contributed by atoms with Crippen LogP contribution in [0.4, 0.5) is 22.1 Å². The molecule has 1 heterocycles. The number of hydrogen-bond acceptors (Lipinski definition) is 8. The summed E-state index contributed by atoms with van der Waals surface area (Å²) in [4.78, 5) is 12.7. The van der Waals surface area contributed by atoms with Gasteiger partial charge >= 0.3 is 0 Å². The van der Waals surface area contributed by atoms with Crippen LogP contribution in [-0.2, 0) is 0 Å². The normalized spacial score (nSPS) is 11.0. The van der Waals surface area contributed by atoms with Crippen LogP contribution in [0, 0.1) is 21.4 Å². The molecule has 0 atom stereocenters. The summed E-state index contributed by atoms with van der Waals surface area (Å²) in [6.07, 6.45) is 0.472. The van der Waals surface area contributed by atoms with Gasteiger partial charge in [-0.15, -0.1) is 10.2 Å². The first-order valence-corrected chi connectivity index (χ1v) is 9.08. The van der Waals surface area contributed by atoms with Gasteiger partial charge in [-0.25, -0.2) is 0 Å². The van der Waals surface area contributed by atoms with E-state index >= 15 is 0 Å². The number of rotatable bonds is 7. The lowest BCUT2D eigenvalue weighted by molar-refractivity contribution is -0.383. The van der Waals surface area contributed by atoms with Crippen molar-refractivity contribution in [2.45, 2.75) is 13.3 Å². The van der Waals surface area contributed by atoms with Crippen molar-refractivity contribution in [1.82, 2.24) is 4.37 Å². The molecule has 9 heteroatoms. The van der Waals surface area contributed by atoms with Gasteiger partial charge in [-0.3, -0.25) is 10.1 Å². The predicted molar refractivity (Wildman–Crippen MR) is 105 cm³/mol. The Morgan fingerprint density at radius 1 is 1.26 bits per heavy atom. The second kappa shape index (κ2) is 8.33. The lowest BCUT2D eigenvalue weighted by Crippen LogP contribution is -2.23.